The Morgan fingerprint density at radius 1 is 1.40 bits per heavy atom. The maximum atomic E-state index is 12.1. The van der Waals surface area contributed by atoms with Crippen molar-refractivity contribution in [2.24, 2.45) is 0 Å². The maximum absolute atomic E-state index is 12.1. The number of amides is 2. The van der Waals surface area contributed by atoms with Crippen molar-refractivity contribution in [2.45, 2.75) is 18.4 Å². The predicted octanol–water partition coefficient (Wildman–Crippen LogP) is 1.50. The molecule has 1 saturated heterocycles. The Bertz CT molecular complexity index is 549. The quantitative estimate of drug-likeness (QED) is 0.885. The normalized spacial score (nSPS) is 23.9. The summed E-state index contributed by atoms with van der Waals surface area (Å²) in [5.74, 6) is 0.340. The fourth-order valence-corrected chi connectivity index (χ4v) is 3.85. The highest BCUT2D eigenvalue weighted by Gasteiger charge is 2.35. The number of carboxylic acid groups (broad SMARTS) is 1. The van der Waals surface area contributed by atoms with Crippen molar-refractivity contribution in [2.75, 3.05) is 18.2 Å². The van der Waals surface area contributed by atoms with Gasteiger partial charge in [-0.05, 0) is 17.5 Å². The zero-order valence-corrected chi connectivity index (χ0v) is 11.7. The number of aliphatic carboxylic acids is 1. The summed E-state index contributed by atoms with van der Waals surface area (Å²) in [5.41, 5.74) is 2.63. The summed E-state index contributed by atoms with van der Waals surface area (Å²) in [4.78, 5) is 24.5. The lowest BCUT2D eigenvalue weighted by atomic mass is 9.78. The van der Waals surface area contributed by atoms with E-state index >= 15 is 0 Å². The van der Waals surface area contributed by atoms with Crippen molar-refractivity contribution in [3.63, 3.8) is 0 Å². The molecular formula is C14H16N2O3S. The summed E-state index contributed by atoms with van der Waals surface area (Å²) >= 11 is 1.47. The van der Waals surface area contributed by atoms with E-state index in [1.165, 1.54) is 27.8 Å². The molecule has 1 aliphatic carbocycles. The van der Waals surface area contributed by atoms with Gasteiger partial charge >= 0.3 is 12.0 Å². The van der Waals surface area contributed by atoms with Gasteiger partial charge in [0.05, 0.1) is 5.88 Å². The van der Waals surface area contributed by atoms with Crippen LogP contribution < -0.4 is 5.32 Å². The number of carbonyl (C=O) groups excluding carboxylic acids is 1. The van der Waals surface area contributed by atoms with E-state index in [1.54, 1.807) is 0 Å². The monoisotopic (exact) mass is 292 g/mol. The number of rotatable bonds is 3. The van der Waals surface area contributed by atoms with Gasteiger partial charge in [-0.3, -0.25) is 0 Å². The standard InChI is InChI=1S/C14H16N2O3S/c17-13(18)12-7-20-8-16(12)14(19)15-6-10-5-9-3-1-2-4-11(9)10/h1-4,10,12H,5-8H2,(H,15,19)(H,17,18). The summed E-state index contributed by atoms with van der Waals surface area (Å²) in [5, 5.41) is 11.9. The number of carboxylic acids is 1. The predicted molar refractivity (Wildman–Crippen MR) is 76.9 cm³/mol. The molecule has 1 heterocycles. The molecule has 1 aromatic rings. The second-order valence-electron chi connectivity index (χ2n) is 5.11. The topological polar surface area (TPSA) is 69.6 Å². The zero-order chi connectivity index (χ0) is 14.1. The molecule has 106 valence electrons. The van der Waals surface area contributed by atoms with E-state index in [4.69, 9.17) is 5.11 Å². The molecule has 2 amide bonds. The molecule has 0 spiro atoms. The first-order chi connectivity index (χ1) is 9.66. The summed E-state index contributed by atoms with van der Waals surface area (Å²) in [7, 11) is 0. The molecule has 0 saturated carbocycles. The molecule has 2 N–H and O–H groups in total. The van der Waals surface area contributed by atoms with Crippen LogP contribution in [-0.4, -0.2) is 46.2 Å². The van der Waals surface area contributed by atoms with Crippen LogP contribution in [0.5, 0.6) is 0 Å². The number of fused-ring (bicyclic) bond motifs is 1. The van der Waals surface area contributed by atoms with E-state index in [1.807, 2.05) is 12.1 Å². The Labute approximate surface area is 121 Å². The second kappa shape index (κ2) is 5.36. The van der Waals surface area contributed by atoms with Gasteiger partial charge in [-0.1, -0.05) is 24.3 Å². The van der Waals surface area contributed by atoms with Gasteiger partial charge in [0.15, 0.2) is 0 Å². The first kappa shape index (κ1) is 13.3. The summed E-state index contributed by atoms with van der Waals surface area (Å²) in [6.45, 7) is 0.573. The molecule has 3 rings (SSSR count). The van der Waals surface area contributed by atoms with Gasteiger partial charge in [0.1, 0.15) is 6.04 Å². The Balaban J connectivity index is 1.55. The molecular weight excluding hydrogens is 276 g/mol. The minimum absolute atomic E-state index is 0.271. The van der Waals surface area contributed by atoms with Gasteiger partial charge in [-0.15, -0.1) is 11.8 Å². The van der Waals surface area contributed by atoms with Crippen LogP contribution in [0.1, 0.15) is 17.0 Å². The smallest absolute Gasteiger partial charge is 0.327 e. The van der Waals surface area contributed by atoms with Gasteiger partial charge in [-0.25, -0.2) is 9.59 Å². The van der Waals surface area contributed by atoms with Gasteiger partial charge < -0.3 is 15.3 Å². The van der Waals surface area contributed by atoms with Crippen LogP contribution in [0.15, 0.2) is 24.3 Å². The Hall–Kier alpha value is -1.69. The van der Waals surface area contributed by atoms with Crippen molar-refractivity contribution < 1.29 is 14.7 Å². The molecule has 2 aliphatic rings. The number of carbonyl (C=O) groups is 2. The highest BCUT2D eigenvalue weighted by atomic mass is 32.2. The van der Waals surface area contributed by atoms with Crippen LogP contribution in [0.25, 0.3) is 0 Å². The summed E-state index contributed by atoms with van der Waals surface area (Å²) in [6, 6.07) is 7.24. The van der Waals surface area contributed by atoms with E-state index < -0.39 is 12.0 Å². The molecule has 5 nitrogen and oxygen atoms in total. The van der Waals surface area contributed by atoms with Gasteiger partial charge in [-0.2, -0.15) is 0 Å². The number of urea groups is 1. The Morgan fingerprint density at radius 3 is 2.95 bits per heavy atom. The molecule has 1 aromatic carbocycles. The average molecular weight is 292 g/mol. The highest BCUT2D eigenvalue weighted by Crippen LogP contribution is 2.34. The molecule has 0 aromatic heterocycles. The number of hydrogen-bond acceptors (Lipinski definition) is 3. The van der Waals surface area contributed by atoms with Crippen LogP contribution in [0.4, 0.5) is 4.79 Å². The fourth-order valence-electron chi connectivity index (χ4n) is 2.70. The average Bonchev–Trinajstić information content (AvgIpc) is 2.89. The van der Waals surface area contributed by atoms with Gasteiger partial charge in [0.25, 0.3) is 0 Å². The molecule has 1 fully saturated rings. The first-order valence-electron chi connectivity index (χ1n) is 6.59. The number of thioether (sulfide) groups is 1. The molecule has 2 atom stereocenters. The lowest BCUT2D eigenvalue weighted by molar-refractivity contribution is -0.140. The summed E-state index contributed by atoms with van der Waals surface area (Å²) < 4.78 is 0. The van der Waals surface area contributed by atoms with E-state index in [2.05, 4.69) is 17.4 Å². The molecule has 20 heavy (non-hydrogen) atoms. The zero-order valence-electron chi connectivity index (χ0n) is 10.9. The van der Waals surface area contributed by atoms with Crippen LogP contribution >= 0.6 is 11.8 Å². The Morgan fingerprint density at radius 2 is 2.20 bits per heavy atom. The van der Waals surface area contributed by atoms with Gasteiger partial charge in [0, 0.05) is 18.2 Å². The van der Waals surface area contributed by atoms with Crippen molar-refractivity contribution in [3.05, 3.63) is 35.4 Å². The minimum atomic E-state index is -0.931. The second-order valence-corrected chi connectivity index (χ2v) is 6.11. The highest BCUT2D eigenvalue weighted by molar-refractivity contribution is 7.99. The van der Waals surface area contributed by atoms with Crippen LogP contribution in [0, 0.1) is 0 Å². The van der Waals surface area contributed by atoms with Crippen molar-refractivity contribution in [3.8, 4) is 0 Å². The SMILES string of the molecule is O=C(O)C1CSCN1C(=O)NCC1Cc2ccccc21. The molecule has 6 heteroatoms. The van der Waals surface area contributed by atoms with Crippen LogP contribution in [0.3, 0.4) is 0 Å². The van der Waals surface area contributed by atoms with Crippen molar-refractivity contribution in [1.29, 1.82) is 0 Å². The maximum Gasteiger partial charge on any atom is 0.327 e. The van der Waals surface area contributed by atoms with Crippen LogP contribution in [-0.2, 0) is 11.2 Å². The number of benzene rings is 1. The van der Waals surface area contributed by atoms with E-state index in [9.17, 15) is 9.59 Å². The minimum Gasteiger partial charge on any atom is -0.480 e. The third-order valence-electron chi connectivity index (χ3n) is 3.89. The largest absolute Gasteiger partial charge is 0.480 e. The fraction of sp³-hybridized carbons (Fsp3) is 0.429. The Kier molecular flexibility index (Phi) is 3.56. The molecule has 0 bridgehead atoms. The van der Waals surface area contributed by atoms with E-state index in [0.29, 0.717) is 24.1 Å². The summed E-state index contributed by atoms with van der Waals surface area (Å²) in [6.07, 6.45) is 0.980. The first-order valence-corrected chi connectivity index (χ1v) is 7.75. The number of nitrogens with one attached hydrogen (secondary N) is 1. The lowest BCUT2D eigenvalue weighted by Crippen LogP contribution is -2.48. The lowest BCUT2D eigenvalue weighted by Gasteiger charge is -2.31. The number of nitrogens with zero attached hydrogens (tertiary/aromatic N) is 1. The third-order valence-corrected chi connectivity index (χ3v) is 4.90. The third kappa shape index (κ3) is 2.35. The van der Waals surface area contributed by atoms with Crippen LogP contribution in [0.2, 0.25) is 0 Å². The van der Waals surface area contributed by atoms with Crippen molar-refractivity contribution in [1.82, 2.24) is 10.2 Å². The molecule has 1 aliphatic heterocycles. The van der Waals surface area contributed by atoms with E-state index in [-0.39, 0.29) is 6.03 Å². The van der Waals surface area contributed by atoms with E-state index in [0.717, 1.165) is 6.42 Å². The number of hydrogen-bond donors (Lipinski definition) is 2. The van der Waals surface area contributed by atoms with Crippen molar-refractivity contribution >= 4 is 23.8 Å². The van der Waals surface area contributed by atoms with Gasteiger partial charge in [0.2, 0.25) is 0 Å². The molecule has 2 unspecified atom stereocenters. The molecule has 0 radical (unpaired) electrons.